The molecule has 2 N–H and O–H groups in total. The Morgan fingerprint density at radius 1 is 1.50 bits per heavy atom. The van der Waals surface area contributed by atoms with Crippen LogP contribution in [-0.4, -0.2) is 20.4 Å². The van der Waals surface area contributed by atoms with Crippen LogP contribution in [-0.2, 0) is 10.0 Å². The highest BCUT2D eigenvalue weighted by Gasteiger charge is 2.35. The quantitative estimate of drug-likeness (QED) is 0.873. The van der Waals surface area contributed by atoms with Crippen molar-refractivity contribution in [1.82, 2.24) is 5.32 Å². The predicted octanol–water partition coefficient (Wildman–Crippen LogP) is 2.09. The first-order valence-electron chi connectivity index (χ1n) is 5.97. The zero-order chi connectivity index (χ0) is 12.9. The van der Waals surface area contributed by atoms with Gasteiger partial charge in [-0.1, -0.05) is 0 Å². The van der Waals surface area contributed by atoms with E-state index >= 15 is 0 Å². The zero-order valence-corrected chi connectivity index (χ0v) is 11.9. The Hall–Kier alpha value is -1.08. The van der Waals surface area contributed by atoms with E-state index in [9.17, 15) is 8.42 Å². The van der Waals surface area contributed by atoms with Crippen LogP contribution in [0.4, 0.5) is 5.69 Å². The van der Waals surface area contributed by atoms with E-state index in [0.717, 1.165) is 24.1 Å². The molecule has 1 aromatic heterocycles. The third-order valence-corrected chi connectivity index (χ3v) is 5.72. The molecule has 5 nitrogen and oxygen atoms in total. The zero-order valence-electron chi connectivity index (χ0n) is 10.2. The highest BCUT2D eigenvalue weighted by Crippen LogP contribution is 2.48. The molecular weight excluding hydrogens is 270 g/mol. The molecule has 0 bridgehead atoms. The van der Waals surface area contributed by atoms with Crippen LogP contribution in [0.5, 0.6) is 0 Å². The SMILES string of the molecule is CC(C)NC1=NS(=O)(=O)c2scc(C3CC3)c2N1. The molecule has 0 amide bonds. The number of anilines is 1. The molecule has 0 atom stereocenters. The van der Waals surface area contributed by atoms with Crippen molar-refractivity contribution < 1.29 is 8.42 Å². The van der Waals surface area contributed by atoms with Crippen LogP contribution in [0.25, 0.3) is 0 Å². The smallest absolute Gasteiger partial charge is 0.297 e. The summed E-state index contributed by atoms with van der Waals surface area (Å²) in [4.78, 5) is 0. The van der Waals surface area contributed by atoms with Crippen LogP contribution in [0.15, 0.2) is 14.0 Å². The third-order valence-electron chi connectivity index (χ3n) is 2.92. The van der Waals surface area contributed by atoms with E-state index in [0.29, 0.717) is 16.1 Å². The van der Waals surface area contributed by atoms with Crippen LogP contribution < -0.4 is 10.6 Å². The van der Waals surface area contributed by atoms with Crippen LogP contribution in [0.1, 0.15) is 38.2 Å². The summed E-state index contributed by atoms with van der Waals surface area (Å²) in [5.74, 6) is 0.851. The number of fused-ring (bicyclic) bond motifs is 1. The number of guanidine groups is 1. The summed E-state index contributed by atoms with van der Waals surface area (Å²) in [6, 6.07) is 0.135. The normalized spacial score (nSPS) is 21.2. The Bertz CT molecular complexity index is 612. The van der Waals surface area contributed by atoms with E-state index in [-0.39, 0.29) is 6.04 Å². The van der Waals surface area contributed by atoms with Crippen molar-refractivity contribution in [2.45, 2.75) is 42.9 Å². The number of nitrogens with one attached hydrogen (secondary N) is 2. The van der Waals surface area contributed by atoms with Crippen molar-refractivity contribution >= 4 is 33.0 Å². The van der Waals surface area contributed by atoms with Crippen molar-refractivity contribution in [2.24, 2.45) is 4.40 Å². The van der Waals surface area contributed by atoms with Crippen molar-refractivity contribution in [2.75, 3.05) is 5.32 Å². The van der Waals surface area contributed by atoms with Crippen LogP contribution >= 0.6 is 11.3 Å². The number of rotatable bonds is 2. The van der Waals surface area contributed by atoms with Gasteiger partial charge in [-0.2, -0.15) is 8.42 Å². The summed E-state index contributed by atoms with van der Waals surface area (Å²) < 4.78 is 28.2. The van der Waals surface area contributed by atoms with E-state index in [4.69, 9.17) is 0 Å². The molecule has 7 heteroatoms. The largest absolute Gasteiger partial charge is 0.353 e. The molecule has 18 heavy (non-hydrogen) atoms. The van der Waals surface area contributed by atoms with E-state index < -0.39 is 10.0 Å². The molecule has 98 valence electrons. The lowest BCUT2D eigenvalue weighted by Gasteiger charge is -2.19. The third kappa shape index (κ3) is 2.01. The fourth-order valence-electron chi connectivity index (χ4n) is 2.00. The van der Waals surface area contributed by atoms with E-state index in [1.165, 1.54) is 11.3 Å². The van der Waals surface area contributed by atoms with E-state index in [1.54, 1.807) is 0 Å². The summed E-state index contributed by atoms with van der Waals surface area (Å²) in [6.45, 7) is 3.89. The molecule has 1 aliphatic heterocycles. The van der Waals surface area contributed by atoms with Gasteiger partial charge in [0.2, 0.25) is 5.96 Å². The number of hydrogen-bond acceptors (Lipinski definition) is 5. The van der Waals surface area contributed by atoms with Crippen molar-refractivity contribution in [3.8, 4) is 0 Å². The average Bonchev–Trinajstić information content (AvgIpc) is 2.97. The van der Waals surface area contributed by atoms with Gasteiger partial charge >= 0.3 is 0 Å². The summed E-state index contributed by atoms with van der Waals surface area (Å²) in [5, 5.41) is 8.09. The van der Waals surface area contributed by atoms with Crippen LogP contribution in [0, 0.1) is 0 Å². The Morgan fingerprint density at radius 3 is 2.83 bits per heavy atom. The van der Waals surface area contributed by atoms with Gasteiger partial charge in [0.05, 0.1) is 5.69 Å². The Balaban J connectivity index is 2.02. The molecule has 0 spiro atoms. The lowest BCUT2D eigenvalue weighted by Crippen LogP contribution is -2.38. The van der Waals surface area contributed by atoms with Gasteiger partial charge in [0.15, 0.2) is 4.21 Å². The fraction of sp³-hybridized carbons (Fsp3) is 0.545. The molecule has 0 aromatic carbocycles. The Morgan fingerprint density at radius 2 is 2.22 bits per heavy atom. The summed E-state index contributed by atoms with van der Waals surface area (Å²) in [6.07, 6.45) is 2.30. The first kappa shape index (κ1) is 12.0. The Labute approximate surface area is 110 Å². The van der Waals surface area contributed by atoms with Gasteiger partial charge in [-0.05, 0) is 43.6 Å². The fourth-order valence-corrected chi connectivity index (χ4v) is 4.42. The maximum Gasteiger partial charge on any atom is 0.297 e. The summed E-state index contributed by atoms with van der Waals surface area (Å²) in [7, 11) is -3.54. The minimum Gasteiger partial charge on any atom is -0.353 e. The van der Waals surface area contributed by atoms with Gasteiger partial charge in [0.1, 0.15) is 0 Å². The number of sulfonamides is 1. The van der Waals surface area contributed by atoms with Gasteiger partial charge in [0.25, 0.3) is 10.0 Å². The molecule has 1 saturated carbocycles. The lowest BCUT2D eigenvalue weighted by atomic mass is 10.2. The van der Waals surface area contributed by atoms with E-state index in [2.05, 4.69) is 15.0 Å². The van der Waals surface area contributed by atoms with Gasteiger partial charge in [-0.25, -0.2) is 0 Å². The maximum atomic E-state index is 12.1. The molecule has 1 aliphatic carbocycles. The lowest BCUT2D eigenvalue weighted by molar-refractivity contribution is 0.599. The van der Waals surface area contributed by atoms with E-state index in [1.807, 2.05) is 19.2 Å². The molecule has 2 heterocycles. The summed E-state index contributed by atoms with van der Waals surface area (Å²) >= 11 is 1.26. The predicted molar refractivity (Wildman–Crippen MR) is 72.8 cm³/mol. The van der Waals surface area contributed by atoms with Gasteiger partial charge in [-0.15, -0.1) is 15.7 Å². The molecule has 0 saturated heterocycles. The highest BCUT2D eigenvalue weighted by atomic mass is 32.2. The molecule has 1 aromatic rings. The highest BCUT2D eigenvalue weighted by molar-refractivity contribution is 7.92. The molecule has 3 rings (SSSR count). The second kappa shape index (κ2) is 3.96. The maximum absolute atomic E-state index is 12.1. The second-order valence-electron chi connectivity index (χ2n) is 4.97. The monoisotopic (exact) mass is 285 g/mol. The Kier molecular flexibility index (Phi) is 2.63. The minimum absolute atomic E-state index is 0.135. The van der Waals surface area contributed by atoms with Crippen molar-refractivity contribution in [1.29, 1.82) is 0 Å². The van der Waals surface area contributed by atoms with Crippen molar-refractivity contribution in [3.05, 3.63) is 10.9 Å². The first-order chi connectivity index (χ1) is 8.47. The first-order valence-corrected chi connectivity index (χ1v) is 8.29. The topological polar surface area (TPSA) is 70.6 Å². The molecule has 2 aliphatic rings. The van der Waals surface area contributed by atoms with Crippen LogP contribution in [0.3, 0.4) is 0 Å². The standard InChI is InChI=1S/C11H15N3O2S2/c1-6(2)12-11-13-9-8(7-3-4-7)5-17-10(9)18(15,16)14-11/h5-7H,3-4H2,1-2H3,(H2,12,13,14). The van der Waals surface area contributed by atoms with Crippen molar-refractivity contribution in [3.63, 3.8) is 0 Å². The molecule has 0 unspecified atom stereocenters. The van der Waals surface area contributed by atoms with Gasteiger partial charge in [0, 0.05) is 6.04 Å². The summed E-state index contributed by atoms with van der Waals surface area (Å²) in [5.41, 5.74) is 1.86. The molecular formula is C11H15N3O2S2. The number of hydrogen-bond donors (Lipinski definition) is 2. The van der Waals surface area contributed by atoms with Crippen LogP contribution in [0.2, 0.25) is 0 Å². The van der Waals surface area contributed by atoms with Gasteiger partial charge in [-0.3, -0.25) is 0 Å². The molecule has 1 fully saturated rings. The molecule has 0 radical (unpaired) electrons. The second-order valence-corrected chi connectivity index (χ2v) is 7.65. The minimum atomic E-state index is -3.54. The average molecular weight is 285 g/mol. The number of nitrogens with zero attached hydrogens (tertiary/aromatic N) is 1. The van der Waals surface area contributed by atoms with Gasteiger partial charge < -0.3 is 10.6 Å². The number of thiophene rings is 1.